The number of fused-ring (bicyclic) bond motifs is 3. The van der Waals surface area contributed by atoms with Crippen molar-refractivity contribution in [3.8, 4) is 11.5 Å². The quantitative estimate of drug-likeness (QED) is 0.752. The van der Waals surface area contributed by atoms with E-state index < -0.39 is 0 Å². The largest absolute Gasteiger partial charge is 0.493 e. The number of hydrogen-bond donors (Lipinski definition) is 1. The van der Waals surface area contributed by atoms with Crippen LogP contribution in [0.3, 0.4) is 0 Å². The third kappa shape index (κ3) is 4.12. The Hall–Kier alpha value is -2.05. The van der Waals surface area contributed by atoms with Crippen LogP contribution in [0.1, 0.15) is 38.3 Å². The monoisotopic (exact) mass is 374 g/mol. The number of ether oxygens (including phenoxy) is 2. The van der Waals surface area contributed by atoms with E-state index in [-0.39, 0.29) is 5.63 Å². The van der Waals surface area contributed by atoms with E-state index in [1.54, 1.807) is 20.3 Å². The van der Waals surface area contributed by atoms with E-state index in [2.05, 4.69) is 31.0 Å². The molecule has 2 unspecified atom stereocenters. The van der Waals surface area contributed by atoms with Crippen molar-refractivity contribution in [2.75, 3.05) is 27.3 Å². The molecule has 0 aliphatic carbocycles. The molecule has 0 spiro atoms. The van der Waals surface area contributed by atoms with Gasteiger partial charge in [-0.2, -0.15) is 0 Å². The molecule has 0 amide bonds. The molecule has 0 fully saturated rings. The number of benzene rings is 1. The highest BCUT2D eigenvalue weighted by Gasteiger charge is 2.25. The van der Waals surface area contributed by atoms with Crippen LogP contribution in [0.2, 0.25) is 0 Å². The molecule has 1 aromatic carbocycles. The zero-order valence-electron chi connectivity index (χ0n) is 16.9. The Labute approximate surface area is 160 Å². The minimum Gasteiger partial charge on any atom is -0.493 e. The van der Waals surface area contributed by atoms with Gasteiger partial charge in [0.05, 0.1) is 19.8 Å². The molecule has 0 bridgehead atoms. The Morgan fingerprint density at radius 1 is 1.15 bits per heavy atom. The molecule has 148 valence electrons. The Kier molecular flexibility index (Phi) is 6.07. The van der Waals surface area contributed by atoms with Crippen molar-refractivity contribution in [1.82, 2.24) is 10.2 Å². The molecule has 0 saturated heterocycles. The topological polar surface area (TPSA) is 63.9 Å². The zero-order valence-corrected chi connectivity index (χ0v) is 16.9. The van der Waals surface area contributed by atoms with Crippen LogP contribution >= 0.6 is 0 Å². The summed E-state index contributed by atoms with van der Waals surface area (Å²) in [7, 11) is 3.19. The number of hydrogen-bond acceptors (Lipinski definition) is 6. The van der Waals surface area contributed by atoms with Gasteiger partial charge in [-0.05, 0) is 38.3 Å². The van der Waals surface area contributed by atoms with E-state index in [4.69, 9.17) is 13.9 Å². The summed E-state index contributed by atoms with van der Waals surface area (Å²) in [6.45, 7) is 9.03. The van der Waals surface area contributed by atoms with Gasteiger partial charge in [-0.15, -0.1) is 0 Å². The van der Waals surface area contributed by atoms with Crippen molar-refractivity contribution in [2.45, 2.75) is 52.2 Å². The van der Waals surface area contributed by atoms with Crippen LogP contribution in [0.25, 0.3) is 11.0 Å². The summed E-state index contributed by atoms with van der Waals surface area (Å²) < 4.78 is 16.4. The minimum absolute atomic E-state index is 0.253. The standard InChI is InChI=1S/C21H30N2O4/c1-6-13(2)22-14(3)11-23-8-7-15-16-9-19(25-4)20(26-5)10-18(16)27-21(24)17(15)12-23/h9-10,13-14,22H,6-8,11-12H2,1-5H3. The van der Waals surface area contributed by atoms with Gasteiger partial charge < -0.3 is 19.2 Å². The highest BCUT2D eigenvalue weighted by Crippen LogP contribution is 2.35. The summed E-state index contributed by atoms with van der Waals surface area (Å²) in [5.74, 6) is 1.21. The highest BCUT2D eigenvalue weighted by atomic mass is 16.5. The third-order valence-corrected chi connectivity index (χ3v) is 5.40. The smallest absolute Gasteiger partial charge is 0.341 e. The van der Waals surface area contributed by atoms with Crippen LogP contribution in [-0.2, 0) is 13.0 Å². The Morgan fingerprint density at radius 3 is 2.52 bits per heavy atom. The molecule has 0 saturated carbocycles. The fraction of sp³-hybridized carbons (Fsp3) is 0.571. The average Bonchev–Trinajstić information content (AvgIpc) is 2.67. The van der Waals surface area contributed by atoms with Crippen LogP contribution < -0.4 is 20.4 Å². The number of methoxy groups -OCH3 is 2. The third-order valence-electron chi connectivity index (χ3n) is 5.40. The van der Waals surface area contributed by atoms with Crippen molar-refractivity contribution in [3.05, 3.63) is 33.7 Å². The van der Waals surface area contributed by atoms with Crippen LogP contribution in [-0.4, -0.2) is 44.3 Å². The molecule has 2 heterocycles. The molecule has 2 atom stereocenters. The molecular weight excluding hydrogens is 344 g/mol. The molecule has 2 aromatic rings. The predicted molar refractivity (Wildman–Crippen MR) is 107 cm³/mol. The second-order valence-electron chi connectivity index (χ2n) is 7.41. The minimum atomic E-state index is -0.253. The summed E-state index contributed by atoms with van der Waals surface area (Å²) in [6.07, 6.45) is 1.93. The summed E-state index contributed by atoms with van der Waals surface area (Å²) in [4.78, 5) is 14.9. The molecule has 3 rings (SSSR count). The first-order valence-corrected chi connectivity index (χ1v) is 9.65. The SMILES string of the molecule is CCC(C)NC(C)CN1CCc2c(c(=O)oc3cc(OC)c(OC)cc23)C1. The van der Waals surface area contributed by atoms with Gasteiger partial charge in [-0.3, -0.25) is 4.90 Å². The Morgan fingerprint density at radius 2 is 1.85 bits per heavy atom. The molecule has 1 N–H and O–H groups in total. The van der Waals surface area contributed by atoms with Crippen molar-refractivity contribution < 1.29 is 13.9 Å². The van der Waals surface area contributed by atoms with E-state index >= 15 is 0 Å². The first-order valence-electron chi connectivity index (χ1n) is 9.65. The van der Waals surface area contributed by atoms with Crippen molar-refractivity contribution in [2.24, 2.45) is 0 Å². The number of nitrogens with zero attached hydrogens (tertiary/aromatic N) is 1. The van der Waals surface area contributed by atoms with E-state index in [0.717, 1.165) is 42.4 Å². The lowest BCUT2D eigenvalue weighted by Crippen LogP contribution is -2.45. The van der Waals surface area contributed by atoms with Crippen molar-refractivity contribution in [1.29, 1.82) is 0 Å². The fourth-order valence-electron chi connectivity index (χ4n) is 3.85. The van der Waals surface area contributed by atoms with Gasteiger partial charge in [-0.25, -0.2) is 4.79 Å². The molecule has 1 aromatic heterocycles. The Balaban J connectivity index is 1.88. The second kappa shape index (κ2) is 8.31. The first kappa shape index (κ1) is 19.7. The van der Waals surface area contributed by atoms with Crippen LogP contribution in [0.4, 0.5) is 0 Å². The van der Waals surface area contributed by atoms with Gasteiger partial charge in [0.15, 0.2) is 11.5 Å². The number of nitrogens with one attached hydrogen (secondary N) is 1. The van der Waals surface area contributed by atoms with E-state index in [0.29, 0.717) is 35.7 Å². The van der Waals surface area contributed by atoms with Crippen LogP contribution in [0.15, 0.2) is 21.3 Å². The lowest BCUT2D eigenvalue weighted by molar-refractivity contribution is 0.220. The van der Waals surface area contributed by atoms with Gasteiger partial charge in [-0.1, -0.05) is 6.92 Å². The predicted octanol–water partition coefficient (Wildman–Crippen LogP) is 2.94. The van der Waals surface area contributed by atoms with E-state index in [9.17, 15) is 4.79 Å². The first-order chi connectivity index (χ1) is 13.0. The maximum atomic E-state index is 12.6. The lowest BCUT2D eigenvalue weighted by atomic mass is 9.97. The zero-order chi connectivity index (χ0) is 19.6. The van der Waals surface area contributed by atoms with Gasteiger partial charge in [0, 0.05) is 43.2 Å². The summed E-state index contributed by atoms with van der Waals surface area (Å²) >= 11 is 0. The normalized spacial score (nSPS) is 16.8. The van der Waals surface area contributed by atoms with Crippen LogP contribution in [0.5, 0.6) is 11.5 Å². The molecular formula is C21H30N2O4. The Bertz CT molecular complexity index is 861. The molecule has 0 radical (unpaired) electrons. The summed E-state index contributed by atoms with van der Waals surface area (Å²) in [6, 6.07) is 4.52. The van der Waals surface area contributed by atoms with Crippen molar-refractivity contribution in [3.63, 3.8) is 0 Å². The number of rotatable bonds is 7. The molecule has 27 heavy (non-hydrogen) atoms. The van der Waals surface area contributed by atoms with Gasteiger partial charge in [0.25, 0.3) is 0 Å². The molecule has 1 aliphatic rings. The fourth-order valence-corrected chi connectivity index (χ4v) is 3.85. The van der Waals surface area contributed by atoms with Gasteiger partial charge in [0.1, 0.15) is 5.58 Å². The summed E-state index contributed by atoms with van der Waals surface area (Å²) in [5.41, 5.74) is 2.13. The van der Waals surface area contributed by atoms with E-state index in [1.165, 1.54) is 0 Å². The highest BCUT2D eigenvalue weighted by molar-refractivity contribution is 5.85. The molecule has 1 aliphatic heterocycles. The summed E-state index contributed by atoms with van der Waals surface area (Å²) in [5, 5.41) is 4.54. The second-order valence-corrected chi connectivity index (χ2v) is 7.41. The van der Waals surface area contributed by atoms with Gasteiger partial charge in [0.2, 0.25) is 0 Å². The maximum Gasteiger partial charge on any atom is 0.341 e. The maximum absolute atomic E-state index is 12.6. The lowest BCUT2D eigenvalue weighted by Gasteiger charge is -2.31. The average molecular weight is 374 g/mol. The van der Waals surface area contributed by atoms with Crippen molar-refractivity contribution >= 4 is 11.0 Å². The van der Waals surface area contributed by atoms with E-state index in [1.807, 2.05) is 6.07 Å². The molecule has 6 heteroatoms. The molecule has 6 nitrogen and oxygen atoms in total. The van der Waals surface area contributed by atoms with Gasteiger partial charge >= 0.3 is 5.63 Å². The van der Waals surface area contributed by atoms with Crippen LogP contribution in [0, 0.1) is 0 Å².